The monoisotopic (exact) mass is 466 g/mol. The number of nitrogens with zero attached hydrogens (tertiary/aromatic N) is 6. The molecule has 3 aromatic heterocycles. The average Bonchev–Trinajstić information content (AvgIpc) is 3.37. The number of halogens is 1. The number of aryl methyl sites for hydroxylation is 2. The maximum Gasteiger partial charge on any atom is 0.365 e. The van der Waals surface area contributed by atoms with E-state index >= 15 is 0 Å². The Labute approximate surface area is 192 Å². The zero-order valence-electron chi connectivity index (χ0n) is 18.0. The van der Waals surface area contributed by atoms with Crippen molar-refractivity contribution < 1.29 is 9.18 Å². The first kappa shape index (κ1) is 20.3. The van der Waals surface area contributed by atoms with Gasteiger partial charge in [-0.1, -0.05) is 0 Å². The SMILES string of the molecule is O=C(Cn1c(=O)nc2c3c4c(sc3ncn21)CCCC4)N1CCN(c2ccc(F)cc2)CC1. The summed E-state index contributed by atoms with van der Waals surface area (Å²) < 4.78 is 16.2. The molecule has 170 valence electrons. The van der Waals surface area contributed by atoms with Gasteiger partial charge in [-0.15, -0.1) is 11.3 Å². The average molecular weight is 467 g/mol. The van der Waals surface area contributed by atoms with E-state index in [-0.39, 0.29) is 18.3 Å². The molecule has 2 aliphatic rings. The van der Waals surface area contributed by atoms with Gasteiger partial charge in [-0.25, -0.2) is 23.4 Å². The van der Waals surface area contributed by atoms with Gasteiger partial charge in [-0.05, 0) is 55.5 Å². The molecule has 0 atom stereocenters. The van der Waals surface area contributed by atoms with Gasteiger partial charge < -0.3 is 9.80 Å². The van der Waals surface area contributed by atoms with E-state index in [4.69, 9.17) is 0 Å². The molecule has 0 spiro atoms. The maximum absolute atomic E-state index is 13.2. The van der Waals surface area contributed by atoms with Crippen molar-refractivity contribution in [2.75, 3.05) is 31.1 Å². The van der Waals surface area contributed by atoms with Crippen molar-refractivity contribution in [3.05, 3.63) is 57.3 Å². The second-order valence-corrected chi connectivity index (χ2v) is 9.68. The number of hydrogen-bond donors (Lipinski definition) is 0. The molecule has 1 aliphatic carbocycles. The van der Waals surface area contributed by atoms with Crippen molar-refractivity contribution in [1.82, 2.24) is 24.1 Å². The number of benzene rings is 1. The van der Waals surface area contributed by atoms with E-state index in [0.29, 0.717) is 31.8 Å². The van der Waals surface area contributed by atoms with Crippen LogP contribution in [0.4, 0.5) is 10.1 Å². The van der Waals surface area contributed by atoms with E-state index in [9.17, 15) is 14.0 Å². The molecule has 1 amide bonds. The molecule has 1 saturated heterocycles. The second kappa shape index (κ2) is 7.95. The van der Waals surface area contributed by atoms with Crippen molar-refractivity contribution in [3.63, 3.8) is 0 Å². The molecule has 4 aromatic rings. The van der Waals surface area contributed by atoms with Crippen molar-refractivity contribution in [2.24, 2.45) is 0 Å². The largest absolute Gasteiger partial charge is 0.368 e. The van der Waals surface area contributed by atoms with Crippen molar-refractivity contribution in [2.45, 2.75) is 32.2 Å². The Morgan fingerprint density at radius 1 is 1.06 bits per heavy atom. The number of carbonyl (C=O) groups is 1. The fourth-order valence-electron chi connectivity index (χ4n) is 4.91. The third-order valence-corrected chi connectivity index (χ3v) is 7.87. The molecule has 1 aromatic carbocycles. The molecule has 8 nitrogen and oxygen atoms in total. The van der Waals surface area contributed by atoms with Crippen LogP contribution in [0.15, 0.2) is 35.4 Å². The molecule has 10 heteroatoms. The van der Waals surface area contributed by atoms with Gasteiger partial charge in [0.2, 0.25) is 5.91 Å². The number of aromatic nitrogens is 4. The number of carbonyl (C=O) groups excluding carboxylic acids is 1. The number of rotatable bonds is 3. The fraction of sp³-hybridized carbons (Fsp3) is 0.391. The topological polar surface area (TPSA) is 75.7 Å². The van der Waals surface area contributed by atoms with Crippen LogP contribution >= 0.6 is 11.3 Å². The van der Waals surface area contributed by atoms with E-state index < -0.39 is 5.69 Å². The Morgan fingerprint density at radius 2 is 1.82 bits per heavy atom. The predicted molar refractivity (Wildman–Crippen MR) is 124 cm³/mol. The molecule has 0 radical (unpaired) electrons. The van der Waals surface area contributed by atoms with Gasteiger partial charge in [0.15, 0.2) is 5.65 Å². The Hall–Kier alpha value is -3.27. The molecular formula is C23H23FN6O2S. The highest BCUT2D eigenvalue weighted by atomic mass is 32.1. The standard InChI is InChI=1S/C23H23FN6O2S/c24-15-5-7-16(8-6-15)27-9-11-28(12-10-27)19(31)13-29-23(32)26-21-20-17-3-1-2-4-18(17)33-22(20)25-14-30(21)29/h5-8,14H,1-4,9-13H2. The molecule has 0 bridgehead atoms. The number of piperazine rings is 1. The van der Waals surface area contributed by atoms with Crippen LogP contribution in [-0.4, -0.2) is 56.2 Å². The summed E-state index contributed by atoms with van der Waals surface area (Å²) in [5.41, 5.74) is 2.37. The minimum Gasteiger partial charge on any atom is -0.368 e. The number of amides is 1. The van der Waals surface area contributed by atoms with Gasteiger partial charge in [-0.3, -0.25) is 4.79 Å². The minimum absolute atomic E-state index is 0.0734. The number of anilines is 1. The maximum atomic E-state index is 13.2. The summed E-state index contributed by atoms with van der Waals surface area (Å²) in [5.74, 6) is -0.383. The molecule has 1 aliphatic heterocycles. The van der Waals surface area contributed by atoms with Crippen molar-refractivity contribution in [3.8, 4) is 0 Å². The number of thiophene rings is 1. The Balaban J connectivity index is 1.23. The summed E-state index contributed by atoms with van der Waals surface area (Å²) in [4.78, 5) is 40.8. The van der Waals surface area contributed by atoms with Gasteiger partial charge in [0, 0.05) is 36.7 Å². The van der Waals surface area contributed by atoms with E-state index in [1.54, 1.807) is 39.2 Å². The number of fused-ring (bicyclic) bond motifs is 5. The normalized spacial score (nSPS) is 16.5. The lowest BCUT2D eigenvalue weighted by Crippen LogP contribution is -2.50. The summed E-state index contributed by atoms with van der Waals surface area (Å²) in [6, 6.07) is 6.39. The summed E-state index contributed by atoms with van der Waals surface area (Å²) in [7, 11) is 0. The molecule has 0 saturated carbocycles. The zero-order chi connectivity index (χ0) is 22.5. The van der Waals surface area contributed by atoms with Gasteiger partial charge in [0.25, 0.3) is 0 Å². The van der Waals surface area contributed by atoms with Gasteiger partial charge in [0.1, 0.15) is 23.5 Å². The molecule has 6 rings (SSSR count). The lowest BCUT2D eigenvalue weighted by atomic mass is 9.97. The first-order valence-corrected chi connectivity index (χ1v) is 12.1. The summed E-state index contributed by atoms with van der Waals surface area (Å²) >= 11 is 1.69. The summed E-state index contributed by atoms with van der Waals surface area (Å²) in [6.45, 7) is 2.33. The summed E-state index contributed by atoms with van der Waals surface area (Å²) in [5, 5.41) is 0.966. The molecule has 1 fully saturated rings. The van der Waals surface area contributed by atoms with Crippen LogP contribution in [0.25, 0.3) is 15.9 Å². The highest BCUT2D eigenvalue weighted by Gasteiger charge is 2.25. The smallest absolute Gasteiger partial charge is 0.365 e. The highest BCUT2D eigenvalue weighted by molar-refractivity contribution is 7.19. The van der Waals surface area contributed by atoms with Crippen molar-refractivity contribution in [1.29, 1.82) is 0 Å². The third-order valence-electron chi connectivity index (χ3n) is 6.67. The van der Waals surface area contributed by atoms with Crippen LogP contribution in [0.2, 0.25) is 0 Å². The van der Waals surface area contributed by atoms with E-state index in [1.165, 1.54) is 33.7 Å². The fourth-order valence-corrected chi connectivity index (χ4v) is 6.14. The van der Waals surface area contributed by atoms with E-state index in [0.717, 1.165) is 35.2 Å². The van der Waals surface area contributed by atoms with Gasteiger partial charge >= 0.3 is 5.69 Å². The molecule has 0 unspecified atom stereocenters. The lowest BCUT2D eigenvalue weighted by molar-refractivity contribution is -0.132. The first-order valence-electron chi connectivity index (χ1n) is 11.3. The Bertz CT molecular complexity index is 1420. The van der Waals surface area contributed by atoms with Crippen molar-refractivity contribution >= 4 is 38.8 Å². The van der Waals surface area contributed by atoms with Crippen LogP contribution in [0, 0.1) is 5.82 Å². The predicted octanol–water partition coefficient (Wildman–Crippen LogP) is 2.47. The van der Waals surface area contributed by atoms with Crippen LogP contribution in [0.5, 0.6) is 0 Å². The third kappa shape index (κ3) is 3.49. The molecule has 4 heterocycles. The Kier molecular flexibility index (Phi) is 4.90. The molecular weight excluding hydrogens is 443 g/mol. The zero-order valence-corrected chi connectivity index (χ0v) is 18.9. The van der Waals surface area contributed by atoms with E-state index in [2.05, 4.69) is 14.9 Å². The van der Waals surface area contributed by atoms with Crippen LogP contribution in [0.1, 0.15) is 23.3 Å². The highest BCUT2D eigenvalue weighted by Crippen LogP contribution is 2.36. The van der Waals surface area contributed by atoms with E-state index in [1.807, 2.05) is 0 Å². The first-order chi connectivity index (χ1) is 16.1. The van der Waals surface area contributed by atoms with Crippen LogP contribution in [0.3, 0.4) is 0 Å². The van der Waals surface area contributed by atoms with Gasteiger partial charge in [-0.2, -0.15) is 4.98 Å². The molecule has 33 heavy (non-hydrogen) atoms. The quantitative estimate of drug-likeness (QED) is 0.464. The van der Waals surface area contributed by atoms with Gasteiger partial charge in [0.05, 0.1) is 5.39 Å². The van der Waals surface area contributed by atoms with Crippen LogP contribution < -0.4 is 10.6 Å². The lowest BCUT2D eigenvalue weighted by Gasteiger charge is -2.36. The van der Waals surface area contributed by atoms with Crippen LogP contribution in [-0.2, 0) is 24.2 Å². The summed E-state index contributed by atoms with van der Waals surface area (Å²) in [6.07, 6.45) is 5.95. The minimum atomic E-state index is -0.432. The Morgan fingerprint density at radius 3 is 2.61 bits per heavy atom. The molecule has 0 N–H and O–H groups in total. The second-order valence-electron chi connectivity index (χ2n) is 8.60. The number of hydrogen-bond acceptors (Lipinski definition) is 6.